The van der Waals surface area contributed by atoms with Gasteiger partial charge in [0.15, 0.2) is 0 Å². The van der Waals surface area contributed by atoms with Crippen LogP contribution in [0.2, 0.25) is 0 Å². The van der Waals surface area contributed by atoms with E-state index in [1.54, 1.807) is 0 Å². The van der Waals surface area contributed by atoms with Crippen molar-refractivity contribution in [2.45, 2.75) is 37.9 Å². The summed E-state index contributed by atoms with van der Waals surface area (Å²) in [5.41, 5.74) is 1.57. The molecule has 2 fully saturated rings. The molecule has 2 aliphatic rings. The lowest BCUT2D eigenvalue weighted by Crippen LogP contribution is -2.52. The minimum absolute atomic E-state index is 0.0627. The second kappa shape index (κ2) is 9.31. The van der Waals surface area contributed by atoms with Crippen molar-refractivity contribution in [2.24, 2.45) is 5.41 Å². The summed E-state index contributed by atoms with van der Waals surface area (Å²) >= 11 is 1.91. The Labute approximate surface area is 160 Å². The number of hydrogen-bond acceptors (Lipinski definition) is 3. The Bertz CT molecular complexity index is 588. The van der Waals surface area contributed by atoms with Gasteiger partial charge in [0.25, 0.3) is 0 Å². The van der Waals surface area contributed by atoms with Gasteiger partial charge in [-0.1, -0.05) is 30.3 Å². The average Bonchev–Trinajstić information content (AvgIpc) is 2.68. The summed E-state index contributed by atoms with van der Waals surface area (Å²) in [5, 5.41) is 6.05. The van der Waals surface area contributed by atoms with Crippen molar-refractivity contribution in [1.29, 1.82) is 0 Å². The largest absolute Gasteiger partial charge is 0.356 e. The van der Waals surface area contributed by atoms with E-state index in [-0.39, 0.29) is 17.4 Å². The van der Waals surface area contributed by atoms with Crippen LogP contribution in [0.5, 0.6) is 0 Å². The molecule has 1 aromatic rings. The summed E-state index contributed by atoms with van der Waals surface area (Å²) in [4.78, 5) is 25.6. The third kappa shape index (κ3) is 5.40. The molecule has 142 valence electrons. The van der Waals surface area contributed by atoms with Crippen LogP contribution in [0.1, 0.15) is 37.7 Å². The molecule has 26 heavy (non-hydrogen) atoms. The summed E-state index contributed by atoms with van der Waals surface area (Å²) < 4.78 is 0. The zero-order valence-electron chi connectivity index (χ0n) is 15.3. The lowest BCUT2D eigenvalue weighted by Gasteiger charge is -2.43. The smallest absolute Gasteiger partial charge is 0.317 e. The van der Waals surface area contributed by atoms with Gasteiger partial charge in [-0.25, -0.2) is 4.79 Å². The number of rotatable bonds is 6. The number of nitrogens with zero attached hydrogens (tertiary/aromatic N) is 1. The van der Waals surface area contributed by atoms with Crippen molar-refractivity contribution in [3.63, 3.8) is 0 Å². The first kappa shape index (κ1) is 19.1. The predicted molar refractivity (Wildman–Crippen MR) is 106 cm³/mol. The zero-order valence-corrected chi connectivity index (χ0v) is 16.2. The van der Waals surface area contributed by atoms with Crippen molar-refractivity contribution in [3.05, 3.63) is 35.9 Å². The summed E-state index contributed by atoms with van der Waals surface area (Å²) in [6.07, 6.45) is 4.58. The highest BCUT2D eigenvalue weighted by atomic mass is 32.2. The van der Waals surface area contributed by atoms with Crippen LogP contribution in [-0.4, -0.2) is 48.8 Å². The zero-order chi connectivity index (χ0) is 18.2. The van der Waals surface area contributed by atoms with Crippen LogP contribution in [0.4, 0.5) is 4.79 Å². The van der Waals surface area contributed by atoms with E-state index in [9.17, 15) is 9.59 Å². The number of benzene rings is 1. The van der Waals surface area contributed by atoms with Crippen molar-refractivity contribution < 1.29 is 9.59 Å². The lowest BCUT2D eigenvalue weighted by atomic mass is 9.73. The molecule has 1 aromatic carbocycles. The number of thioether (sulfide) groups is 1. The van der Waals surface area contributed by atoms with Crippen LogP contribution in [0.25, 0.3) is 0 Å². The second-order valence-electron chi connectivity index (χ2n) is 7.39. The summed E-state index contributed by atoms with van der Waals surface area (Å²) in [5.74, 6) is 2.25. The van der Waals surface area contributed by atoms with Crippen molar-refractivity contribution in [3.8, 4) is 0 Å². The Morgan fingerprint density at radius 1 is 1.19 bits per heavy atom. The fourth-order valence-corrected chi connectivity index (χ4v) is 4.62. The van der Waals surface area contributed by atoms with Crippen LogP contribution in [0, 0.1) is 5.41 Å². The second-order valence-corrected chi connectivity index (χ2v) is 8.49. The molecule has 6 heteroatoms. The maximum Gasteiger partial charge on any atom is 0.317 e. The molecule has 0 unspecified atom stereocenters. The van der Waals surface area contributed by atoms with Gasteiger partial charge in [-0.2, -0.15) is 11.8 Å². The molecule has 2 N–H and O–H groups in total. The molecule has 2 aliphatic heterocycles. The molecule has 2 heterocycles. The van der Waals surface area contributed by atoms with E-state index in [1.807, 2.05) is 22.7 Å². The fourth-order valence-electron chi connectivity index (χ4n) is 3.70. The minimum Gasteiger partial charge on any atom is -0.356 e. The molecule has 0 aliphatic carbocycles. The molecule has 3 rings (SSSR count). The van der Waals surface area contributed by atoms with Gasteiger partial charge in [0.2, 0.25) is 5.91 Å². The van der Waals surface area contributed by atoms with Gasteiger partial charge in [0, 0.05) is 38.4 Å². The third-order valence-electron chi connectivity index (χ3n) is 5.51. The highest BCUT2D eigenvalue weighted by Crippen LogP contribution is 2.37. The van der Waals surface area contributed by atoms with Crippen molar-refractivity contribution in [2.75, 3.05) is 31.9 Å². The number of nitrogens with one attached hydrogen (secondary N) is 2. The SMILES string of the molecule is O=C1CCC2(CCN(C(=O)NCCCSCc3ccccc3)CC2)CN1. The standard InChI is InChI=1S/C20H29N3O2S/c24-18-7-8-20(16-22-18)9-12-23(13-10-20)19(25)21-11-4-14-26-15-17-5-2-1-3-6-17/h1-3,5-6H,4,7-16H2,(H,21,25)(H,22,24). The Kier molecular flexibility index (Phi) is 6.83. The van der Waals surface area contributed by atoms with Gasteiger partial charge in [0.05, 0.1) is 0 Å². The number of carbonyl (C=O) groups excluding carboxylic acids is 2. The van der Waals surface area contributed by atoms with E-state index in [2.05, 4.69) is 34.9 Å². The number of piperidine rings is 2. The number of amides is 3. The van der Waals surface area contributed by atoms with E-state index in [4.69, 9.17) is 0 Å². The van der Waals surface area contributed by atoms with E-state index < -0.39 is 0 Å². The average molecular weight is 376 g/mol. The molecular formula is C20H29N3O2S. The normalized spacial score (nSPS) is 19.2. The molecule has 0 atom stereocenters. The van der Waals surface area contributed by atoms with Gasteiger partial charge >= 0.3 is 6.03 Å². The Morgan fingerprint density at radius 3 is 2.65 bits per heavy atom. The van der Waals surface area contributed by atoms with Crippen LogP contribution in [-0.2, 0) is 10.5 Å². The van der Waals surface area contributed by atoms with Crippen LogP contribution in [0.15, 0.2) is 30.3 Å². The van der Waals surface area contributed by atoms with Crippen molar-refractivity contribution in [1.82, 2.24) is 15.5 Å². The van der Waals surface area contributed by atoms with Gasteiger partial charge in [0.1, 0.15) is 0 Å². The predicted octanol–water partition coefficient (Wildman–Crippen LogP) is 3.01. The molecule has 0 saturated carbocycles. The number of likely N-dealkylation sites (tertiary alicyclic amines) is 1. The topological polar surface area (TPSA) is 61.4 Å². The van der Waals surface area contributed by atoms with Crippen molar-refractivity contribution >= 4 is 23.7 Å². The quantitative estimate of drug-likeness (QED) is 0.752. The number of hydrogen-bond donors (Lipinski definition) is 2. The van der Waals surface area contributed by atoms with Crippen LogP contribution >= 0.6 is 11.8 Å². The summed E-state index contributed by atoms with van der Waals surface area (Å²) in [6, 6.07) is 10.5. The molecule has 0 aromatic heterocycles. The summed E-state index contributed by atoms with van der Waals surface area (Å²) in [6.45, 7) is 3.10. The molecular weight excluding hydrogens is 346 g/mol. The third-order valence-corrected chi connectivity index (χ3v) is 6.62. The molecule has 1 spiro atoms. The van der Waals surface area contributed by atoms with Gasteiger partial charge in [-0.15, -0.1) is 0 Å². The van der Waals surface area contributed by atoms with Crippen LogP contribution < -0.4 is 10.6 Å². The van der Waals surface area contributed by atoms with E-state index in [1.165, 1.54) is 5.56 Å². The number of urea groups is 1. The van der Waals surface area contributed by atoms with Crippen LogP contribution in [0.3, 0.4) is 0 Å². The van der Waals surface area contributed by atoms with E-state index >= 15 is 0 Å². The lowest BCUT2D eigenvalue weighted by molar-refractivity contribution is -0.125. The van der Waals surface area contributed by atoms with Gasteiger partial charge in [-0.05, 0) is 42.4 Å². The fraction of sp³-hybridized carbons (Fsp3) is 0.600. The van der Waals surface area contributed by atoms with E-state index in [0.29, 0.717) is 6.42 Å². The monoisotopic (exact) mass is 375 g/mol. The molecule has 3 amide bonds. The molecule has 2 saturated heterocycles. The first-order chi connectivity index (χ1) is 12.7. The highest BCUT2D eigenvalue weighted by Gasteiger charge is 2.38. The molecule has 0 radical (unpaired) electrons. The molecule has 0 bridgehead atoms. The Morgan fingerprint density at radius 2 is 1.96 bits per heavy atom. The first-order valence-electron chi connectivity index (χ1n) is 9.58. The van der Waals surface area contributed by atoms with E-state index in [0.717, 1.165) is 63.4 Å². The maximum atomic E-state index is 12.3. The van der Waals surface area contributed by atoms with Gasteiger partial charge in [-0.3, -0.25) is 4.79 Å². The highest BCUT2D eigenvalue weighted by molar-refractivity contribution is 7.98. The Hall–Kier alpha value is -1.69. The maximum absolute atomic E-state index is 12.3. The first-order valence-corrected chi connectivity index (χ1v) is 10.7. The number of carbonyl (C=O) groups is 2. The minimum atomic E-state index is 0.0627. The Balaban J connectivity index is 1.27. The molecule has 5 nitrogen and oxygen atoms in total. The van der Waals surface area contributed by atoms with Gasteiger partial charge < -0.3 is 15.5 Å². The summed E-state index contributed by atoms with van der Waals surface area (Å²) in [7, 11) is 0.